The van der Waals surface area contributed by atoms with E-state index in [1.807, 2.05) is 20.0 Å². The molecule has 4 rings (SSSR count). The van der Waals surface area contributed by atoms with Gasteiger partial charge in [-0.25, -0.2) is 0 Å². The van der Waals surface area contributed by atoms with Crippen molar-refractivity contribution in [1.29, 1.82) is 0 Å². The van der Waals surface area contributed by atoms with Crippen LogP contribution in [0, 0.1) is 19.8 Å². The van der Waals surface area contributed by atoms with E-state index in [0.29, 0.717) is 18.3 Å². The van der Waals surface area contributed by atoms with Crippen LogP contribution >= 0.6 is 0 Å². The zero-order valence-corrected chi connectivity index (χ0v) is 16.1. The SMILES string of the molecule is C=C1NC(CC2CCCCC2)C(=O)N1c1cnn(Cc2c(C)noc2C)c1. The van der Waals surface area contributed by atoms with Gasteiger partial charge in [0, 0.05) is 11.8 Å². The molecule has 1 amide bonds. The van der Waals surface area contributed by atoms with Crippen LogP contribution < -0.4 is 10.2 Å². The number of aryl methyl sites for hydroxylation is 2. The van der Waals surface area contributed by atoms with E-state index in [9.17, 15) is 4.79 Å². The molecule has 1 N–H and O–H groups in total. The summed E-state index contributed by atoms with van der Waals surface area (Å²) in [6.45, 7) is 8.43. The maximum atomic E-state index is 13.0. The van der Waals surface area contributed by atoms with Crippen molar-refractivity contribution in [2.45, 2.75) is 65.0 Å². The summed E-state index contributed by atoms with van der Waals surface area (Å²) in [6.07, 6.45) is 10.8. The third-order valence-electron chi connectivity index (χ3n) is 5.80. The minimum absolute atomic E-state index is 0.0717. The molecule has 27 heavy (non-hydrogen) atoms. The van der Waals surface area contributed by atoms with Gasteiger partial charge in [-0.3, -0.25) is 14.4 Å². The van der Waals surface area contributed by atoms with Gasteiger partial charge in [0.05, 0.1) is 24.1 Å². The Bertz CT molecular complexity index is 827. The van der Waals surface area contributed by atoms with Crippen LogP contribution in [-0.4, -0.2) is 26.9 Å². The Morgan fingerprint density at radius 3 is 2.78 bits per heavy atom. The minimum atomic E-state index is -0.175. The number of carbonyl (C=O) groups is 1. The molecule has 1 saturated heterocycles. The molecule has 7 nitrogen and oxygen atoms in total. The average molecular weight is 369 g/mol. The van der Waals surface area contributed by atoms with Gasteiger partial charge in [-0.2, -0.15) is 5.10 Å². The summed E-state index contributed by atoms with van der Waals surface area (Å²) in [7, 11) is 0. The number of nitrogens with zero attached hydrogens (tertiary/aromatic N) is 4. The van der Waals surface area contributed by atoms with Gasteiger partial charge in [-0.15, -0.1) is 0 Å². The summed E-state index contributed by atoms with van der Waals surface area (Å²) in [4.78, 5) is 14.6. The Balaban J connectivity index is 1.46. The number of carbonyl (C=O) groups excluding carboxylic acids is 1. The first-order chi connectivity index (χ1) is 13.0. The Morgan fingerprint density at radius 1 is 1.30 bits per heavy atom. The normalized spacial score (nSPS) is 21.1. The number of hydrogen-bond acceptors (Lipinski definition) is 5. The lowest BCUT2D eigenvalue weighted by molar-refractivity contribution is -0.118. The summed E-state index contributed by atoms with van der Waals surface area (Å²) in [6, 6.07) is -0.175. The van der Waals surface area contributed by atoms with Crippen molar-refractivity contribution in [3.8, 4) is 0 Å². The van der Waals surface area contributed by atoms with Crippen molar-refractivity contribution in [2.75, 3.05) is 4.90 Å². The molecular weight excluding hydrogens is 342 g/mol. The van der Waals surface area contributed by atoms with Crippen LogP contribution in [-0.2, 0) is 11.3 Å². The van der Waals surface area contributed by atoms with E-state index in [2.05, 4.69) is 22.2 Å². The molecule has 1 saturated carbocycles. The Hall–Kier alpha value is -2.57. The number of nitrogens with one attached hydrogen (secondary N) is 1. The van der Waals surface area contributed by atoms with Crippen LogP contribution in [0.1, 0.15) is 55.5 Å². The molecule has 2 aromatic heterocycles. The van der Waals surface area contributed by atoms with Gasteiger partial charge in [0.1, 0.15) is 17.6 Å². The highest BCUT2D eigenvalue weighted by Crippen LogP contribution is 2.31. The molecule has 0 bridgehead atoms. The number of amides is 1. The van der Waals surface area contributed by atoms with Crippen LogP contribution in [0.2, 0.25) is 0 Å². The summed E-state index contributed by atoms with van der Waals surface area (Å²) < 4.78 is 7.02. The van der Waals surface area contributed by atoms with Crippen molar-refractivity contribution in [3.63, 3.8) is 0 Å². The molecule has 2 aromatic rings. The molecule has 144 valence electrons. The molecule has 0 radical (unpaired) electrons. The molecular formula is C20H27N5O2. The van der Waals surface area contributed by atoms with Gasteiger partial charge < -0.3 is 9.84 Å². The molecule has 0 spiro atoms. The average Bonchev–Trinajstić information content (AvgIpc) is 3.31. The molecule has 3 heterocycles. The van der Waals surface area contributed by atoms with E-state index in [4.69, 9.17) is 4.52 Å². The van der Waals surface area contributed by atoms with Crippen LogP contribution in [0.4, 0.5) is 5.69 Å². The summed E-state index contributed by atoms with van der Waals surface area (Å²) >= 11 is 0. The number of anilines is 1. The fourth-order valence-electron chi connectivity index (χ4n) is 4.26. The van der Waals surface area contributed by atoms with E-state index in [-0.39, 0.29) is 11.9 Å². The molecule has 1 aliphatic carbocycles. The Morgan fingerprint density at radius 2 is 2.07 bits per heavy atom. The summed E-state index contributed by atoms with van der Waals surface area (Å²) in [5.74, 6) is 2.13. The quantitative estimate of drug-likeness (QED) is 0.875. The largest absolute Gasteiger partial charge is 0.361 e. The van der Waals surface area contributed by atoms with Gasteiger partial charge in [-0.1, -0.05) is 43.8 Å². The molecule has 2 fully saturated rings. The molecule has 1 aliphatic heterocycles. The summed E-state index contributed by atoms with van der Waals surface area (Å²) in [5, 5.41) is 11.7. The molecule has 7 heteroatoms. The maximum Gasteiger partial charge on any atom is 0.255 e. The fraction of sp³-hybridized carbons (Fsp3) is 0.550. The maximum absolute atomic E-state index is 13.0. The highest BCUT2D eigenvalue weighted by molar-refractivity contribution is 6.02. The second-order valence-electron chi connectivity index (χ2n) is 7.76. The zero-order valence-electron chi connectivity index (χ0n) is 16.1. The first-order valence-corrected chi connectivity index (χ1v) is 9.76. The first-order valence-electron chi connectivity index (χ1n) is 9.76. The standard InChI is InChI=1S/C20H27N5O2/c1-13-18(14(2)27-23-13)12-24-11-17(10-21-24)25-15(3)22-19(20(25)26)9-16-7-5-4-6-8-16/h10-11,16,19,22H,3-9,12H2,1-2H3. The zero-order chi connectivity index (χ0) is 19.0. The lowest BCUT2D eigenvalue weighted by Crippen LogP contribution is -2.32. The predicted octanol–water partition coefficient (Wildman–Crippen LogP) is 3.28. The van der Waals surface area contributed by atoms with Crippen molar-refractivity contribution < 1.29 is 9.32 Å². The highest BCUT2D eigenvalue weighted by atomic mass is 16.5. The van der Waals surface area contributed by atoms with Crippen molar-refractivity contribution >= 4 is 11.6 Å². The lowest BCUT2D eigenvalue weighted by atomic mass is 9.85. The van der Waals surface area contributed by atoms with E-state index in [0.717, 1.165) is 29.1 Å². The van der Waals surface area contributed by atoms with Gasteiger partial charge in [-0.05, 0) is 26.2 Å². The van der Waals surface area contributed by atoms with Crippen LogP contribution in [0.5, 0.6) is 0 Å². The third-order valence-corrected chi connectivity index (χ3v) is 5.80. The topological polar surface area (TPSA) is 76.2 Å². The van der Waals surface area contributed by atoms with Gasteiger partial charge in [0.15, 0.2) is 0 Å². The number of rotatable bonds is 5. The van der Waals surface area contributed by atoms with Crippen LogP contribution in [0.25, 0.3) is 0 Å². The van der Waals surface area contributed by atoms with E-state index < -0.39 is 0 Å². The van der Waals surface area contributed by atoms with Crippen molar-refractivity contribution in [1.82, 2.24) is 20.3 Å². The molecule has 0 aromatic carbocycles. The Labute approximate surface area is 159 Å². The van der Waals surface area contributed by atoms with E-state index >= 15 is 0 Å². The fourth-order valence-corrected chi connectivity index (χ4v) is 4.26. The van der Waals surface area contributed by atoms with Crippen molar-refractivity contribution in [3.05, 3.63) is 41.8 Å². The minimum Gasteiger partial charge on any atom is -0.361 e. The van der Waals surface area contributed by atoms with E-state index in [1.165, 1.54) is 32.1 Å². The second kappa shape index (κ2) is 7.21. The van der Waals surface area contributed by atoms with Crippen molar-refractivity contribution in [2.24, 2.45) is 5.92 Å². The van der Waals surface area contributed by atoms with Crippen LogP contribution in [0.3, 0.4) is 0 Å². The summed E-state index contributed by atoms with van der Waals surface area (Å²) in [5.41, 5.74) is 2.63. The second-order valence-corrected chi connectivity index (χ2v) is 7.76. The monoisotopic (exact) mass is 369 g/mol. The van der Waals surface area contributed by atoms with E-state index in [1.54, 1.807) is 15.8 Å². The molecule has 2 aliphatic rings. The predicted molar refractivity (Wildman–Crippen MR) is 102 cm³/mol. The van der Waals surface area contributed by atoms with Gasteiger partial charge in [0.25, 0.3) is 5.91 Å². The smallest absolute Gasteiger partial charge is 0.255 e. The first kappa shape index (κ1) is 17.8. The molecule has 1 atom stereocenters. The molecule has 1 unspecified atom stereocenters. The van der Waals surface area contributed by atoms with Crippen LogP contribution in [0.15, 0.2) is 29.3 Å². The number of hydrogen-bond donors (Lipinski definition) is 1. The highest BCUT2D eigenvalue weighted by Gasteiger charge is 2.37. The van der Waals surface area contributed by atoms with Gasteiger partial charge in [0.2, 0.25) is 0 Å². The number of aromatic nitrogens is 3. The third kappa shape index (κ3) is 3.50. The van der Waals surface area contributed by atoms with Gasteiger partial charge >= 0.3 is 0 Å². The Kier molecular flexibility index (Phi) is 4.76. The lowest BCUT2D eigenvalue weighted by Gasteiger charge is -2.23.